The number of nitrogens with two attached hydrogens (primary N) is 1. The lowest BCUT2D eigenvalue weighted by molar-refractivity contribution is 0.442. The topological polar surface area (TPSA) is 43.8 Å². The second-order valence-corrected chi connectivity index (χ2v) is 4.26. The van der Waals surface area contributed by atoms with Gasteiger partial charge in [-0.15, -0.1) is 0 Å². The van der Waals surface area contributed by atoms with E-state index in [2.05, 4.69) is 12.0 Å². The van der Waals surface area contributed by atoms with Crippen molar-refractivity contribution in [1.82, 2.24) is 9.78 Å². The third-order valence-corrected chi connectivity index (χ3v) is 2.87. The maximum atomic E-state index is 5.82. The Balaban J connectivity index is 2.09. The van der Waals surface area contributed by atoms with Gasteiger partial charge in [0.1, 0.15) is 10.8 Å². The average molecular weight is 200 g/mol. The smallest absolute Gasteiger partial charge is 0.140 e. The van der Waals surface area contributed by atoms with Crippen LogP contribution >= 0.6 is 11.6 Å². The van der Waals surface area contributed by atoms with E-state index < -0.39 is 0 Å². The van der Waals surface area contributed by atoms with Crippen molar-refractivity contribution in [1.29, 1.82) is 0 Å². The molecular weight excluding hydrogens is 186 g/mol. The molecule has 2 N–H and O–H groups in total. The summed E-state index contributed by atoms with van der Waals surface area (Å²) < 4.78 is 1.82. The Kier molecular flexibility index (Phi) is 2.20. The molecule has 72 valence electrons. The Morgan fingerprint density at radius 1 is 1.77 bits per heavy atom. The summed E-state index contributed by atoms with van der Waals surface area (Å²) in [6.07, 6.45) is 5.50. The van der Waals surface area contributed by atoms with Gasteiger partial charge in [-0.05, 0) is 19.3 Å². The van der Waals surface area contributed by atoms with E-state index in [0.29, 0.717) is 16.9 Å². The lowest BCUT2D eigenvalue weighted by atomic mass is 10.2. The fourth-order valence-corrected chi connectivity index (χ4v) is 1.77. The fraction of sp³-hybridized carbons (Fsp3) is 0.667. The van der Waals surface area contributed by atoms with Gasteiger partial charge >= 0.3 is 0 Å². The highest BCUT2D eigenvalue weighted by Crippen LogP contribution is 2.37. The average Bonchev–Trinajstić information content (AvgIpc) is 2.82. The maximum absolute atomic E-state index is 5.82. The number of nitrogen functional groups attached to an aromatic ring is 1. The molecule has 1 unspecified atom stereocenters. The second kappa shape index (κ2) is 3.22. The van der Waals surface area contributed by atoms with Crippen LogP contribution in [0.15, 0.2) is 6.20 Å². The minimum Gasteiger partial charge on any atom is -0.383 e. The monoisotopic (exact) mass is 199 g/mol. The van der Waals surface area contributed by atoms with Crippen molar-refractivity contribution in [3.63, 3.8) is 0 Å². The first-order valence-electron chi connectivity index (χ1n) is 4.67. The van der Waals surface area contributed by atoms with Gasteiger partial charge in [0.2, 0.25) is 0 Å². The summed E-state index contributed by atoms with van der Waals surface area (Å²) in [7, 11) is 0. The van der Waals surface area contributed by atoms with Gasteiger partial charge in [-0.2, -0.15) is 5.10 Å². The van der Waals surface area contributed by atoms with Crippen LogP contribution in [0.4, 0.5) is 5.82 Å². The van der Waals surface area contributed by atoms with E-state index in [1.54, 1.807) is 6.20 Å². The van der Waals surface area contributed by atoms with E-state index in [1.165, 1.54) is 19.3 Å². The fourth-order valence-electron chi connectivity index (χ4n) is 1.64. The number of hydrogen-bond acceptors (Lipinski definition) is 2. The molecule has 0 radical (unpaired) electrons. The molecule has 3 nitrogen and oxygen atoms in total. The molecular formula is C9H14ClN3. The molecule has 0 bridgehead atoms. The first-order valence-corrected chi connectivity index (χ1v) is 5.04. The summed E-state index contributed by atoms with van der Waals surface area (Å²) >= 11 is 5.82. The third-order valence-electron chi connectivity index (χ3n) is 2.58. The molecule has 1 aromatic heterocycles. The predicted octanol–water partition coefficient (Wildman–Crippen LogP) is 2.48. The van der Waals surface area contributed by atoms with E-state index in [0.717, 1.165) is 5.92 Å². The molecule has 0 spiro atoms. The van der Waals surface area contributed by atoms with Gasteiger partial charge in [-0.1, -0.05) is 24.4 Å². The lowest BCUT2D eigenvalue weighted by Crippen LogP contribution is -2.10. The molecule has 1 aliphatic rings. The van der Waals surface area contributed by atoms with Gasteiger partial charge in [0.25, 0.3) is 0 Å². The quantitative estimate of drug-likeness (QED) is 0.813. The summed E-state index contributed by atoms with van der Waals surface area (Å²) in [5.74, 6) is 1.48. The van der Waals surface area contributed by atoms with E-state index >= 15 is 0 Å². The molecule has 2 rings (SSSR count). The van der Waals surface area contributed by atoms with Crippen LogP contribution in [0.25, 0.3) is 0 Å². The molecule has 0 aromatic carbocycles. The number of rotatable bonds is 3. The van der Waals surface area contributed by atoms with Gasteiger partial charge in [0.05, 0.1) is 12.2 Å². The highest BCUT2D eigenvalue weighted by molar-refractivity contribution is 6.32. The zero-order valence-electron chi connectivity index (χ0n) is 7.70. The molecule has 0 aliphatic heterocycles. The molecule has 0 saturated heterocycles. The van der Waals surface area contributed by atoms with Crippen molar-refractivity contribution in [2.75, 3.05) is 5.73 Å². The molecule has 1 aliphatic carbocycles. The standard InChI is InChI=1S/C9H14ClN3/c1-6(4-7-2-3-7)13-9(11)8(10)5-12-13/h5-7H,2-4,11H2,1H3. The van der Waals surface area contributed by atoms with Crippen LogP contribution in [0.2, 0.25) is 5.02 Å². The second-order valence-electron chi connectivity index (χ2n) is 3.85. The van der Waals surface area contributed by atoms with Crippen LogP contribution in [0.5, 0.6) is 0 Å². The van der Waals surface area contributed by atoms with Crippen molar-refractivity contribution in [3.8, 4) is 0 Å². The van der Waals surface area contributed by atoms with Crippen LogP contribution in [-0.2, 0) is 0 Å². The molecule has 13 heavy (non-hydrogen) atoms. The number of halogens is 1. The molecule has 0 amide bonds. The van der Waals surface area contributed by atoms with Gasteiger partial charge in [-0.3, -0.25) is 0 Å². The Labute approximate surface area is 82.9 Å². The molecule has 1 fully saturated rings. The van der Waals surface area contributed by atoms with Crippen LogP contribution in [0.1, 0.15) is 32.2 Å². The Hall–Kier alpha value is -0.700. The molecule has 1 saturated carbocycles. The van der Waals surface area contributed by atoms with E-state index in [4.69, 9.17) is 17.3 Å². The molecule has 4 heteroatoms. The first-order chi connectivity index (χ1) is 6.18. The summed E-state index contributed by atoms with van der Waals surface area (Å²) in [5.41, 5.74) is 5.77. The van der Waals surface area contributed by atoms with E-state index in [-0.39, 0.29) is 0 Å². The maximum Gasteiger partial charge on any atom is 0.140 e. The van der Waals surface area contributed by atoms with E-state index in [1.807, 2.05) is 4.68 Å². The summed E-state index contributed by atoms with van der Waals surface area (Å²) in [6.45, 7) is 2.14. The van der Waals surface area contributed by atoms with Crippen molar-refractivity contribution in [2.45, 2.75) is 32.2 Å². The molecule has 1 atom stereocenters. The van der Waals surface area contributed by atoms with E-state index in [9.17, 15) is 0 Å². The normalized spacial score (nSPS) is 18.9. The van der Waals surface area contributed by atoms with Crippen LogP contribution in [-0.4, -0.2) is 9.78 Å². The third kappa shape index (κ3) is 1.80. The zero-order chi connectivity index (χ0) is 9.42. The SMILES string of the molecule is CC(CC1CC1)n1ncc(Cl)c1N. The number of aromatic nitrogens is 2. The van der Waals surface area contributed by atoms with Crippen molar-refractivity contribution >= 4 is 17.4 Å². The summed E-state index contributed by atoms with van der Waals surface area (Å²) in [4.78, 5) is 0. The van der Waals surface area contributed by atoms with Crippen LogP contribution < -0.4 is 5.73 Å². The number of hydrogen-bond donors (Lipinski definition) is 1. The van der Waals surface area contributed by atoms with Gasteiger partial charge in [-0.25, -0.2) is 4.68 Å². The Morgan fingerprint density at radius 2 is 2.46 bits per heavy atom. The van der Waals surface area contributed by atoms with Crippen LogP contribution in [0, 0.1) is 5.92 Å². The molecule has 1 heterocycles. The summed E-state index contributed by atoms with van der Waals surface area (Å²) in [5, 5.41) is 4.71. The first kappa shape index (κ1) is 8.88. The highest BCUT2D eigenvalue weighted by Gasteiger charge is 2.25. The minimum atomic E-state index is 0.375. The van der Waals surface area contributed by atoms with Crippen LogP contribution in [0.3, 0.4) is 0 Å². The Bertz CT molecular complexity index is 304. The van der Waals surface area contributed by atoms with Crippen molar-refractivity contribution in [3.05, 3.63) is 11.2 Å². The molecule has 1 aromatic rings. The predicted molar refractivity (Wildman–Crippen MR) is 53.7 cm³/mol. The van der Waals surface area contributed by atoms with Crippen molar-refractivity contribution < 1.29 is 0 Å². The van der Waals surface area contributed by atoms with Gasteiger partial charge in [0, 0.05) is 0 Å². The lowest BCUT2D eigenvalue weighted by Gasteiger charge is -2.12. The van der Waals surface area contributed by atoms with Crippen molar-refractivity contribution in [2.24, 2.45) is 5.92 Å². The number of anilines is 1. The largest absolute Gasteiger partial charge is 0.383 e. The zero-order valence-corrected chi connectivity index (χ0v) is 8.46. The highest BCUT2D eigenvalue weighted by atomic mass is 35.5. The summed E-state index contributed by atoms with van der Waals surface area (Å²) in [6, 6.07) is 0.375. The van der Waals surface area contributed by atoms with Gasteiger partial charge in [0.15, 0.2) is 0 Å². The Morgan fingerprint density at radius 3 is 2.92 bits per heavy atom. The van der Waals surface area contributed by atoms with Gasteiger partial charge < -0.3 is 5.73 Å². The minimum absolute atomic E-state index is 0.375. The number of nitrogens with zero attached hydrogens (tertiary/aromatic N) is 2.